The lowest BCUT2D eigenvalue weighted by Gasteiger charge is -2.20. The molecule has 0 unspecified atom stereocenters. The molecule has 6 nitrogen and oxygen atoms in total. The highest BCUT2D eigenvalue weighted by Crippen LogP contribution is 2.18. The Morgan fingerprint density at radius 3 is 2.36 bits per heavy atom. The van der Waals surface area contributed by atoms with Crippen molar-refractivity contribution in [2.24, 2.45) is 0 Å². The maximum absolute atomic E-state index is 12.6. The summed E-state index contributed by atoms with van der Waals surface area (Å²) >= 11 is 0. The van der Waals surface area contributed by atoms with Crippen LogP contribution in [0.2, 0.25) is 0 Å². The van der Waals surface area contributed by atoms with Crippen LogP contribution in [0.15, 0.2) is 45.7 Å². The summed E-state index contributed by atoms with van der Waals surface area (Å²) in [5.41, 5.74) is 0.332. The normalized spacial score (nSPS) is 11.7. The minimum atomic E-state index is -3.59. The fourth-order valence-corrected chi connectivity index (χ4v) is 4.10. The molecule has 136 valence electrons. The molecule has 7 heteroatoms. The molecule has 0 N–H and O–H groups in total. The van der Waals surface area contributed by atoms with Crippen LogP contribution in [-0.2, 0) is 16.6 Å². The lowest BCUT2D eigenvalue weighted by Crippen LogP contribution is -2.31. The number of furan rings is 1. The van der Waals surface area contributed by atoms with Crippen LogP contribution in [0.1, 0.15) is 35.7 Å². The standard InChI is InChI=1S/C18H24N2O4S/c1-5-20(6-2)25(22,23)17-9-7-8-15(12-17)18(21)19(4)13-16-11-10-14(3)24-16/h7-12H,5-6,13H2,1-4H3. The summed E-state index contributed by atoms with van der Waals surface area (Å²) in [6.07, 6.45) is 0. The van der Waals surface area contributed by atoms with Crippen LogP contribution in [0.25, 0.3) is 0 Å². The molecule has 1 amide bonds. The van der Waals surface area contributed by atoms with Crippen LogP contribution in [0.5, 0.6) is 0 Å². The number of amides is 1. The van der Waals surface area contributed by atoms with E-state index < -0.39 is 10.0 Å². The molecule has 1 heterocycles. The van der Waals surface area contributed by atoms with Crippen LogP contribution in [-0.4, -0.2) is 43.7 Å². The van der Waals surface area contributed by atoms with Gasteiger partial charge in [-0.3, -0.25) is 4.79 Å². The van der Waals surface area contributed by atoms with Gasteiger partial charge in [0.25, 0.3) is 5.91 Å². The Hall–Kier alpha value is -2.12. The molecule has 0 spiro atoms. The molecule has 2 rings (SSSR count). The van der Waals surface area contributed by atoms with Crippen LogP contribution in [0, 0.1) is 6.92 Å². The third-order valence-electron chi connectivity index (χ3n) is 3.96. The summed E-state index contributed by atoms with van der Waals surface area (Å²) in [4.78, 5) is 14.3. The van der Waals surface area contributed by atoms with Gasteiger partial charge in [-0.15, -0.1) is 0 Å². The van der Waals surface area contributed by atoms with E-state index in [2.05, 4.69) is 0 Å². The second-order valence-electron chi connectivity index (χ2n) is 5.79. The lowest BCUT2D eigenvalue weighted by atomic mass is 10.2. The zero-order valence-corrected chi connectivity index (χ0v) is 15.8. The molecule has 0 saturated carbocycles. The van der Waals surface area contributed by atoms with Crippen molar-refractivity contribution in [3.63, 3.8) is 0 Å². The fourth-order valence-electron chi connectivity index (χ4n) is 2.60. The van der Waals surface area contributed by atoms with Crippen molar-refractivity contribution in [1.82, 2.24) is 9.21 Å². The van der Waals surface area contributed by atoms with Crippen LogP contribution in [0.4, 0.5) is 0 Å². The van der Waals surface area contributed by atoms with Gasteiger partial charge in [0.1, 0.15) is 11.5 Å². The highest BCUT2D eigenvalue weighted by molar-refractivity contribution is 7.89. The highest BCUT2D eigenvalue weighted by Gasteiger charge is 2.23. The van der Waals surface area contributed by atoms with Gasteiger partial charge in [-0.05, 0) is 37.3 Å². The number of rotatable bonds is 7. The molecule has 0 radical (unpaired) electrons. The van der Waals surface area contributed by atoms with Gasteiger partial charge in [-0.1, -0.05) is 19.9 Å². The monoisotopic (exact) mass is 364 g/mol. The van der Waals surface area contributed by atoms with Crippen molar-refractivity contribution in [3.8, 4) is 0 Å². The van der Waals surface area contributed by atoms with Crippen molar-refractivity contribution < 1.29 is 17.6 Å². The van der Waals surface area contributed by atoms with Gasteiger partial charge in [-0.25, -0.2) is 8.42 Å². The summed E-state index contributed by atoms with van der Waals surface area (Å²) in [6, 6.07) is 9.81. The summed E-state index contributed by atoms with van der Waals surface area (Å²) in [6.45, 7) is 6.50. The molecular weight excluding hydrogens is 340 g/mol. The number of sulfonamides is 1. The van der Waals surface area contributed by atoms with Gasteiger partial charge in [0.15, 0.2) is 0 Å². The maximum atomic E-state index is 12.6. The molecule has 25 heavy (non-hydrogen) atoms. The summed E-state index contributed by atoms with van der Waals surface area (Å²) in [5, 5.41) is 0. The van der Waals surface area contributed by atoms with Crippen LogP contribution >= 0.6 is 0 Å². The number of carbonyl (C=O) groups is 1. The topological polar surface area (TPSA) is 70.8 Å². The first-order valence-electron chi connectivity index (χ1n) is 8.20. The van der Waals surface area contributed by atoms with E-state index in [1.54, 1.807) is 33.0 Å². The number of hydrogen-bond acceptors (Lipinski definition) is 4. The average Bonchev–Trinajstić information content (AvgIpc) is 3.00. The van der Waals surface area contributed by atoms with Crippen molar-refractivity contribution in [1.29, 1.82) is 0 Å². The van der Waals surface area contributed by atoms with Gasteiger partial charge in [0.2, 0.25) is 10.0 Å². The van der Waals surface area contributed by atoms with Crippen molar-refractivity contribution >= 4 is 15.9 Å². The maximum Gasteiger partial charge on any atom is 0.254 e. The molecule has 0 bridgehead atoms. The molecule has 0 saturated heterocycles. The van der Waals surface area contributed by atoms with Crippen LogP contribution in [0.3, 0.4) is 0 Å². The zero-order chi connectivity index (χ0) is 18.6. The summed E-state index contributed by atoms with van der Waals surface area (Å²) < 4.78 is 32.1. The van der Waals surface area contributed by atoms with Crippen molar-refractivity contribution in [2.45, 2.75) is 32.2 Å². The van der Waals surface area contributed by atoms with E-state index in [4.69, 9.17) is 4.42 Å². The van der Waals surface area contributed by atoms with Crippen molar-refractivity contribution in [2.75, 3.05) is 20.1 Å². The van der Waals surface area contributed by atoms with Crippen LogP contribution < -0.4 is 0 Å². The lowest BCUT2D eigenvalue weighted by molar-refractivity contribution is 0.0774. The quantitative estimate of drug-likeness (QED) is 0.757. The third kappa shape index (κ3) is 4.29. The molecular formula is C18H24N2O4S. The predicted octanol–water partition coefficient (Wildman–Crippen LogP) is 2.89. The molecule has 0 atom stereocenters. The van der Waals surface area contributed by atoms with Crippen molar-refractivity contribution in [3.05, 3.63) is 53.5 Å². The Labute approximate surface area is 149 Å². The Morgan fingerprint density at radius 2 is 1.80 bits per heavy atom. The first kappa shape index (κ1) is 19.2. The molecule has 0 aliphatic rings. The second-order valence-corrected chi connectivity index (χ2v) is 7.73. The van der Waals surface area contributed by atoms with E-state index >= 15 is 0 Å². The smallest absolute Gasteiger partial charge is 0.254 e. The van der Waals surface area contributed by atoms with Gasteiger partial charge in [-0.2, -0.15) is 4.31 Å². The predicted molar refractivity (Wildman–Crippen MR) is 95.8 cm³/mol. The van der Waals surface area contributed by atoms with E-state index in [-0.39, 0.29) is 10.8 Å². The molecule has 1 aromatic heterocycles. The molecule has 1 aromatic carbocycles. The SMILES string of the molecule is CCN(CC)S(=O)(=O)c1cccc(C(=O)N(C)Cc2ccc(C)o2)c1. The van der Waals surface area contributed by atoms with E-state index in [0.717, 1.165) is 5.76 Å². The van der Waals surface area contributed by atoms with Gasteiger partial charge >= 0.3 is 0 Å². The number of nitrogens with zero attached hydrogens (tertiary/aromatic N) is 2. The van der Waals surface area contributed by atoms with E-state index in [0.29, 0.717) is 31.0 Å². The minimum absolute atomic E-state index is 0.129. The average molecular weight is 364 g/mol. The Morgan fingerprint density at radius 1 is 1.12 bits per heavy atom. The number of carbonyl (C=O) groups excluding carboxylic acids is 1. The zero-order valence-electron chi connectivity index (χ0n) is 15.0. The van der Waals surface area contributed by atoms with E-state index in [1.807, 2.05) is 19.1 Å². The number of aryl methyl sites for hydroxylation is 1. The fraction of sp³-hybridized carbons (Fsp3) is 0.389. The molecule has 0 fully saturated rings. The number of hydrogen-bond donors (Lipinski definition) is 0. The molecule has 2 aromatic rings. The minimum Gasteiger partial charge on any atom is -0.464 e. The summed E-state index contributed by atoms with van der Waals surface area (Å²) in [7, 11) is -1.94. The first-order chi connectivity index (χ1) is 11.8. The Bertz CT molecular complexity index is 838. The third-order valence-corrected chi connectivity index (χ3v) is 6.01. The Balaban J connectivity index is 2.24. The van der Waals surface area contributed by atoms with E-state index in [1.165, 1.54) is 21.3 Å². The summed E-state index contributed by atoms with van der Waals surface area (Å²) in [5.74, 6) is 1.20. The number of benzene rings is 1. The largest absolute Gasteiger partial charge is 0.464 e. The Kier molecular flexibility index (Phi) is 6.02. The van der Waals surface area contributed by atoms with Gasteiger partial charge in [0.05, 0.1) is 11.4 Å². The first-order valence-corrected chi connectivity index (χ1v) is 9.64. The van der Waals surface area contributed by atoms with Gasteiger partial charge in [0, 0.05) is 25.7 Å². The van der Waals surface area contributed by atoms with E-state index in [9.17, 15) is 13.2 Å². The van der Waals surface area contributed by atoms with Gasteiger partial charge < -0.3 is 9.32 Å². The molecule has 0 aliphatic carbocycles. The molecule has 0 aliphatic heterocycles. The highest BCUT2D eigenvalue weighted by atomic mass is 32.2. The second kappa shape index (κ2) is 7.84.